The summed E-state index contributed by atoms with van der Waals surface area (Å²) in [6, 6.07) is 10.2. The van der Waals surface area contributed by atoms with Gasteiger partial charge in [0.25, 0.3) is 0 Å². The molecule has 1 amide bonds. The molecule has 5 rings (SSSR count). The minimum Gasteiger partial charge on any atom is -0.358 e. The van der Waals surface area contributed by atoms with Gasteiger partial charge in [-0.05, 0) is 36.2 Å². The molecule has 2 aliphatic rings. The number of rotatable bonds is 3. The van der Waals surface area contributed by atoms with E-state index < -0.39 is 21.9 Å². The molecule has 37 heavy (non-hydrogen) atoms. The highest BCUT2D eigenvalue weighted by Crippen LogP contribution is 2.27. The number of amides is 1. The lowest BCUT2D eigenvalue weighted by Gasteiger charge is -2.40. The molecule has 2 aromatic carbocycles. The molecule has 2 aliphatic heterocycles. The smallest absolute Gasteiger partial charge is 0.243 e. The van der Waals surface area contributed by atoms with Gasteiger partial charge in [-0.3, -0.25) is 9.69 Å². The van der Waals surface area contributed by atoms with Crippen LogP contribution in [0, 0.1) is 11.7 Å². The largest absolute Gasteiger partial charge is 0.358 e. The summed E-state index contributed by atoms with van der Waals surface area (Å²) in [4.78, 5) is 24.8. The van der Waals surface area contributed by atoms with Crippen LogP contribution in [0.3, 0.4) is 0 Å². The molecule has 0 saturated carbocycles. The van der Waals surface area contributed by atoms with Crippen LogP contribution >= 0.6 is 11.6 Å². The van der Waals surface area contributed by atoms with Gasteiger partial charge in [0.1, 0.15) is 23.5 Å². The number of carbonyl (C=O) groups is 1. The molecule has 0 aliphatic carbocycles. The van der Waals surface area contributed by atoms with E-state index in [9.17, 15) is 17.6 Å². The van der Waals surface area contributed by atoms with Gasteiger partial charge in [-0.15, -0.1) is 0 Å². The van der Waals surface area contributed by atoms with E-state index in [1.54, 1.807) is 0 Å². The first kappa shape index (κ1) is 25.8. The van der Waals surface area contributed by atoms with Crippen molar-refractivity contribution in [3.63, 3.8) is 0 Å². The van der Waals surface area contributed by atoms with Crippen LogP contribution < -0.4 is 10.6 Å². The van der Waals surface area contributed by atoms with Crippen LogP contribution in [-0.2, 0) is 21.4 Å². The first-order chi connectivity index (χ1) is 17.6. The minimum absolute atomic E-state index is 0.0273. The van der Waals surface area contributed by atoms with Crippen molar-refractivity contribution in [1.29, 1.82) is 0 Å². The fourth-order valence-electron chi connectivity index (χ4n) is 4.77. The van der Waals surface area contributed by atoms with E-state index >= 15 is 0 Å². The summed E-state index contributed by atoms with van der Waals surface area (Å²) in [5, 5.41) is 6.91. The number of hydrogen-bond acceptors (Lipinski definition) is 7. The van der Waals surface area contributed by atoms with Gasteiger partial charge in [-0.25, -0.2) is 22.8 Å². The SMILES string of the molecule is CC(C)[C@@H]1Nc2nc(nc3ccccc23)CN2CCN(S(=O)(=O)c3ccc(F)c(Cl)c3)CC2CNC1=O. The minimum atomic E-state index is -3.92. The third-order valence-corrected chi connectivity index (χ3v) is 8.99. The Labute approximate surface area is 220 Å². The van der Waals surface area contributed by atoms with Crippen molar-refractivity contribution in [3.05, 3.63) is 59.1 Å². The van der Waals surface area contributed by atoms with Crippen molar-refractivity contribution in [3.8, 4) is 0 Å². The number of aromatic nitrogens is 2. The van der Waals surface area contributed by atoms with Crippen molar-refractivity contribution in [2.45, 2.75) is 37.4 Å². The van der Waals surface area contributed by atoms with Crippen LogP contribution in [-0.4, -0.2) is 71.8 Å². The molecule has 2 N–H and O–H groups in total. The Morgan fingerprint density at radius 3 is 2.68 bits per heavy atom. The van der Waals surface area contributed by atoms with Crippen molar-refractivity contribution in [2.24, 2.45) is 5.92 Å². The van der Waals surface area contributed by atoms with Gasteiger partial charge in [0.05, 0.1) is 22.0 Å². The molecule has 1 fully saturated rings. The Balaban J connectivity index is 1.48. The maximum atomic E-state index is 13.6. The fraction of sp³-hybridized carbons (Fsp3) is 0.400. The Kier molecular flexibility index (Phi) is 7.06. The molecule has 2 atom stereocenters. The summed E-state index contributed by atoms with van der Waals surface area (Å²) in [7, 11) is -3.92. The third kappa shape index (κ3) is 5.13. The Bertz CT molecular complexity index is 1450. The zero-order valence-electron chi connectivity index (χ0n) is 20.5. The average molecular weight is 547 g/mol. The number of nitrogens with zero attached hydrogens (tertiary/aromatic N) is 4. The van der Waals surface area contributed by atoms with E-state index in [2.05, 4.69) is 15.5 Å². The lowest BCUT2D eigenvalue weighted by Crippen LogP contribution is -2.58. The summed E-state index contributed by atoms with van der Waals surface area (Å²) in [5.41, 5.74) is 0.767. The molecule has 2 bridgehead atoms. The van der Waals surface area contributed by atoms with Crippen LogP contribution in [0.15, 0.2) is 47.4 Å². The predicted octanol–water partition coefficient (Wildman–Crippen LogP) is 2.86. The summed E-state index contributed by atoms with van der Waals surface area (Å²) < 4.78 is 41.7. The maximum Gasteiger partial charge on any atom is 0.243 e. The van der Waals surface area contributed by atoms with Gasteiger partial charge in [-0.1, -0.05) is 37.6 Å². The molecule has 0 spiro atoms. The number of benzene rings is 2. The number of para-hydroxylation sites is 1. The number of piperazine rings is 1. The van der Waals surface area contributed by atoms with Crippen LogP contribution in [0.1, 0.15) is 19.7 Å². The summed E-state index contributed by atoms with van der Waals surface area (Å²) >= 11 is 5.85. The zero-order chi connectivity index (χ0) is 26.3. The van der Waals surface area contributed by atoms with Crippen LogP contribution in [0.25, 0.3) is 10.9 Å². The Morgan fingerprint density at radius 2 is 1.92 bits per heavy atom. The van der Waals surface area contributed by atoms with Crippen LogP contribution in [0.2, 0.25) is 5.02 Å². The molecular weight excluding hydrogens is 519 g/mol. The molecule has 12 heteroatoms. The number of nitrogens with one attached hydrogen (secondary N) is 2. The van der Waals surface area contributed by atoms with Gasteiger partial charge in [0.15, 0.2) is 0 Å². The van der Waals surface area contributed by atoms with E-state index in [4.69, 9.17) is 21.6 Å². The summed E-state index contributed by atoms with van der Waals surface area (Å²) in [6.07, 6.45) is 0. The number of sulfonamides is 1. The standard InChI is InChI=1S/C25H28ClFN6O3S/c1-15(2)23-25(34)28-12-16-13-33(37(35,36)17-7-8-20(27)19(26)11-17)10-9-32(16)14-22-29-21-6-4-3-5-18(21)24(30-22)31-23/h3-8,11,15-16,23H,9-10,12-14H2,1-2H3,(H,28,34)(H,29,30,31)/t16?,23-/m0/s1. The van der Waals surface area contributed by atoms with E-state index in [1.807, 2.05) is 38.1 Å². The van der Waals surface area contributed by atoms with Gasteiger partial charge >= 0.3 is 0 Å². The second-order valence-electron chi connectivity index (χ2n) is 9.68. The third-order valence-electron chi connectivity index (χ3n) is 6.84. The van der Waals surface area contributed by atoms with Gasteiger partial charge in [0.2, 0.25) is 15.9 Å². The molecule has 3 aromatic rings. The lowest BCUT2D eigenvalue weighted by molar-refractivity contribution is -0.123. The van der Waals surface area contributed by atoms with E-state index in [-0.39, 0.29) is 47.4 Å². The number of anilines is 1. The van der Waals surface area contributed by atoms with Crippen LogP contribution in [0.4, 0.5) is 10.2 Å². The van der Waals surface area contributed by atoms with Crippen LogP contribution in [0.5, 0.6) is 0 Å². The number of fused-ring (bicyclic) bond motifs is 5. The first-order valence-electron chi connectivity index (χ1n) is 12.1. The highest BCUT2D eigenvalue weighted by atomic mass is 35.5. The van der Waals surface area contributed by atoms with Crippen molar-refractivity contribution in [1.82, 2.24) is 24.5 Å². The highest BCUT2D eigenvalue weighted by Gasteiger charge is 2.36. The summed E-state index contributed by atoms with van der Waals surface area (Å²) in [5.74, 6) is 0.290. The molecule has 1 aromatic heterocycles. The van der Waals surface area contributed by atoms with Crippen molar-refractivity contribution >= 4 is 44.3 Å². The molecule has 1 saturated heterocycles. The first-order valence-corrected chi connectivity index (χ1v) is 13.9. The second-order valence-corrected chi connectivity index (χ2v) is 12.0. The highest BCUT2D eigenvalue weighted by molar-refractivity contribution is 7.89. The van der Waals surface area contributed by atoms with E-state index in [0.717, 1.165) is 23.0 Å². The Morgan fingerprint density at radius 1 is 1.14 bits per heavy atom. The zero-order valence-corrected chi connectivity index (χ0v) is 22.1. The van der Waals surface area contributed by atoms with Gasteiger partial charge in [0, 0.05) is 37.6 Å². The number of carbonyl (C=O) groups excluding carboxylic acids is 1. The molecule has 9 nitrogen and oxygen atoms in total. The molecule has 1 unspecified atom stereocenters. The van der Waals surface area contributed by atoms with Gasteiger partial charge in [-0.2, -0.15) is 4.31 Å². The normalized spacial score (nSPS) is 21.7. The predicted molar refractivity (Wildman–Crippen MR) is 139 cm³/mol. The average Bonchev–Trinajstić information content (AvgIpc) is 2.89. The second kappa shape index (κ2) is 10.1. The van der Waals surface area contributed by atoms with E-state index in [0.29, 0.717) is 24.7 Å². The Hall–Kier alpha value is -2.86. The number of hydrogen-bond donors (Lipinski definition) is 2. The lowest BCUT2D eigenvalue weighted by atomic mass is 10.0. The quantitative estimate of drug-likeness (QED) is 0.520. The van der Waals surface area contributed by atoms with Crippen molar-refractivity contribution < 1.29 is 17.6 Å². The molecule has 0 radical (unpaired) electrons. The monoisotopic (exact) mass is 546 g/mol. The molecule has 3 heterocycles. The molecule has 196 valence electrons. The summed E-state index contributed by atoms with van der Waals surface area (Å²) in [6.45, 7) is 5.30. The van der Waals surface area contributed by atoms with E-state index in [1.165, 1.54) is 10.4 Å². The van der Waals surface area contributed by atoms with Crippen molar-refractivity contribution in [2.75, 3.05) is 31.5 Å². The van der Waals surface area contributed by atoms with Gasteiger partial charge < -0.3 is 10.6 Å². The maximum absolute atomic E-state index is 13.6. The topological polar surface area (TPSA) is 108 Å². The number of halogens is 2. The fourth-order valence-corrected chi connectivity index (χ4v) is 6.51. The molecular formula is C25H28ClFN6O3S.